The van der Waals surface area contributed by atoms with Gasteiger partial charge in [-0.1, -0.05) is 0 Å². The summed E-state index contributed by atoms with van der Waals surface area (Å²) in [7, 11) is -13.8. The van der Waals surface area contributed by atoms with E-state index in [-0.39, 0.29) is 63.6 Å². The van der Waals surface area contributed by atoms with Crippen molar-refractivity contribution in [3.05, 3.63) is 36.3 Å². The second-order valence-electron chi connectivity index (χ2n) is 5.97. The Hall–Kier alpha value is -0.294. The molecule has 1 aromatic heterocycles. The monoisotopic (exact) mass is 474 g/mol. The van der Waals surface area contributed by atoms with Gasteiger partial charge in [0.25, 0.3) is 0 Å². The molecule has 0 unspecified atom stereocenters. The third-order valence-electron chi connectivity index (χ3n) is 3.92. The van der Waals surface area contributed by atoms with E-state index in [1.165, 1.54) is 6.26 Å². The molecule has 1 aliphatic rings. The number of primary sulfonamides is 1. The van der Waals surface area contributed by atoms with Crippen molar-refractivity contribution in [3.8, 4) is 0 Å². The predicted octanol–water partition coefficient (Wildman–Crippen LogP) is -2.62. The average molecular weight is 475 g/mol. The first-order valence-electron chi connectivity index (χ1n) is 7.57. The van der Waals surface area contributed by atoms with Gasteiger partial charge in [0.1, 0.15) is 20.8 Å². The molecule has 3 N–H and O–H groups in total. The van der Waals surface area contributed by atoms with Crippen molar-refractivity contribution in [1.82, 2.24) is 0 Å². The maximum atomic E-state index is 12.6. The Kier molecular flexibility index (Phi) is 7.23. The fraction of sp³-hybridized carbons (Fsp3) is 0.286. The van der Waals surface area contributed by atoms with Crippen LogP contribution in [0.2, 0.25) is 0 Å². The molecule has 0 spiro atoms. The van der Waals surface area contributed by atoms with Crippen LogP contribution in [0.4, 0.5) is 5.69 Å². The van der Waals surface area contributed by atoms with Crippen molar-refractivity contribution >= 4 is 35.7 Å². The van der Waals surface area contributed by atoms with Gasteiger partial charge in [0.2, 0.25) is 10.0 Å². The van der Waals surface area contributed by atoms with Crippen molar-refractivity contribution < 1.29 is 85.6 Å². The Morgan fingerprint density at radius 3 is 2.18 bits per heavy atom. The first kappa shape index (κ1) is 24.0. The first-order valence-corrected chi connectivity index (χ1v) is 12.1. The summed E-state index contributed by atoms with van der Waals surface area (Å²) in [6, 6.07) is 4.45. The van der Waals surface area contributed by atoms with E-state index in [9.17, 15) is 29.8 Å². The van der Waals surface area contributed by atoms with Crippen LogP contribution >= 0.6 is 0 Å². The van der Waals surface area contributed by atoms with E-state index in [2.05, 4.69) is 5.32 Å². The minimum absolute atomic E-state index is 0. The first-order chi connectivity index (χ1) is 12.4. The number of furan rings is 1. The van der Waals surface area contributed by atoms with Crippen LogP contribution in [0.25, 0.3) is 0 Å². The summed E-state index contributed by atoms with van der Waals surface area (Å²) in [5, 5.41) is 6.89. The second kappa shape index (κ2) is 8.45. The van der Waals surface area contributed by atoms with Gasteiger partial charge in [0, 0.05) is 0 Å². The fourth-order valence-electron chi connectivity index (χ4n) is 2.48. The third kappa shape index (κ3) is 5.24. The Balaban J connectivity index is 0.00000280. The molecule has 0 amide bonds. The SMILES string of the molecule is NS(=O)(=O)c1cc(S(=O)(=O)[O-])c(NCc2ccco2)cc1S(=O)(=O)C1CC1.[K+]. The van der Waals surface area contributed by atoms with Crippen LogP contribution in [0.3, 0.4) is 0 Å². The zero-order chi connectivity index (χ0) is 20.0. The molecule has 1 fully saturated rings. The van der Waals surface area contributed by atoms with Gasteiger partial charge in [0.05, 0.1) is 33.5 Å². The molecule has 2 aromatic rings. The molecule has 10 nitrogen and oxygen atoms in total. The van der Waals surface area contributed by atoms with Crippen LogP contribution in [-0.4, -0.2) is 35.1 Å². The van der Waals surface area contributed by atoms with Gasteiger partial charge in [-0.3, -0.25) is 0 Å². The summed E-state index contributed by atoms with van der Waals surface area (Å²) < 4.78 is 88.8. The molecule has 1 heterocycles. The number of rotatable bonds is 7. The summed E-state index contributed by atoms with van der Waals surface area (Å²) in [6.07, 6.45) is 2.07. The normalized spacial score (nSPS) is 15.1. The van der Waals surface area contributed by atoms with Crippen molar-refractivity contribution in [3.63, 3.8) is 0 Å². The maximum absolute atomic E-state index is 12.6. The zero-order valence-corrected chi connectivity index (χ0v) is 20.2. The molecule has 3 rings (SSSR count). The number of hydrogen-bond acceptors (Lipinski definition) is 9. The molecule has 148 valence electrons. The molecule has 0 radical (unpaired) electrons. The second-order valence-corrected chi connectivity index (χ2v) is 11.0. The smallest absolute Gasteiger partial charge is 0.744 e. The average Bonchev–Trinajstić information content (AvgIpc) is 3.28. The van der Waals surface area contributed by atoms with Crippen LogP contribution < -0.4 is 61.8 Å². The van der Waals surface area contributed by atoms with Crippen molar-refractivity contribution in [1.29, 1.82) is 0 Å². The van der Waals surface area contributed by atoms with Gasteiger partial charge in [-0.2, -0.15) is 0 Å². The molecule has 1 saturated carbocycles. The molecule has 0 aliphatic heterocycles. The van der Waals surface area contributed by atoms with Crippen LogP contribution in [-0.2, 0) is 36.5 Å². The number of sulfone groups is 1. The van der Waals surface area contributed by atoms with Crippen LogP contribution in [0.1, 0.15) is 18.6 Å². The van der Waals surface area contributed by atoms with Gasteiger partial charge in [-0.15, -0.1) is 0 Å². The van der Waals surface area contributed by atoms with E-state index in [1.807, 2.05) is 0 Å². The Morgan fingerprint density at radius 2 is 1.71 bits per heavy atom. The van der Waals surface area contributed by atoms with Gasteiger partial charge in [-0.05, 0) is 37.1 Å². The van der Waals surface area contributed by atoms with E-state index in [0.717, 1.165) is 6.07 Å². The Bertz CT molecular complexity index is 1190. The predicted molar refractivity (Wildman–Crippen MR) is 92.0 cm³/mol. The summed E-state index contributed by atoms with van der Waals surface area (Å²) in [4.78, 5) is -2.48. The molecular weight excluding hydrogens is 459 g/mol. The third-order valence-corrected chi connectivity index (χ3v) is 8.18. The summed E-state index contributed by atoms with van der Waals surface area (Å²) in [5.74, 6) is 0.381. The number of nitrogens with two attached hydrogens (primary N) is 1. The van der Waals surface area contributed by atoms with Gasteiger partial charge >= 0.3 is 51.4 Å². The van der Waals surface area contributed by atoms with Crippen molar-refractivity contribution in [2.24, 2.45) is 5.14 Å². The minimum atomic E-state index is -5.13. The zero-order valence-electron chi connectivity index (χ0n) is 14.7. The summed E-state index contributed by atoms with van der Waals surface area (Å²) in [5.41, 5.74) is -0.354. The number of anilines is 1. The molecule has 0 atom stereocenters. The molecule has 0 bridgehead atoms. The Labute approximate surface area is 205 Å². The maximum Gasteiger partial charge on any atom is 1.00 e. The number of nitrogens with one attached hydrogen (secondary N) is 1. The van der Waals surface area contributed by atoms with E-state index in [0.29, 0.717) is 24.7 Å². The van der Waals surface area contributed by atoms with E-state index in [1.54, 1.807) is 12.1 Å². The fourth-order valence-corrected chi connectivity index (χ4v) is 6.28. The largest absolute Gasteiger partial charge is 1.00 e. The summed E-state index contributed by atoms with van der Waals surface area (Å²) >= 11 is 0. The van der Waals surface area contributed by atoms with Crippen molar-refractivity contribution in [2.75, 3.05) is 5.32 Å². The molecular formula is C14H15KN2O8S3. The topological polar surface area (TPSA) is 177 Å². The molecule has 0 saturated heterocycles. The van der Waals surface area contributed by atoms with Gasteiger partial charge < -0.3 is 14.3 Å². The van der Waals surface area contributed by atoms with Crippen molar-refractivity contribution in [2.45, 2.75) is 39.3 Å². The number of benzene rings is 1. The quantitative estimate of drug-likeness (QED) is 0.321. The molecule has 28 heavy (non-hydrogen) atoms. The molecule has 14 heteroatoms. The van der Waals surface area contributed by atoms with Gasteiger partial charge in [0.15, 0.2) is 9.84 Å². The van der Waals surface area contributed by atoms with Gasteiger partial charge in [-0.25, -0.2) is 30.4 Å². The van der Waals surface area contributed by atoms with E-state index < -0.39 is 49.9 Å². The number of sulfonamides is 1. The minimum Gasteiger partial charge on any atom is -0.744 e. The Morgan fingerprint density at radius 1 is 1.07 bits per heavy atom. The van der Waals surface area contributed by atoms with E-state index >= 15 is 0 Å². The standard InChI is InChI=1S/C14H16N2O8S3.K/c15-26(19,20)14-7-12(27(21,22)23)11(16-8-9-2-1-5-24-9)6-13(14)25(17,18)10-3-4-10;/h1-2,5-7,10,16H,3-4,8H2,(H2,15,19,20)(H,21,22,23);/q;+1/p-1. The van der Waals surface area contributed by atoms with E-state index in [4.69, 9.17) is 9.56 Å². The van der Waals surface area contributed by atoms with Crippen LogP contribution in [0.5, 0.6) is 0 Å². The summed E-state index contributed by atoms with van der Waals surface area (Å²) in [6.45, 7) is -0.0623. The van der Waals surface area contributed by atoms with Crippen LogP contribution in [0.15, 0.2) is 49.6 Å². The molecule has 1 aromatic carbocycles. The van der Waals surface area contributed by atoms with Crippen LogP contribution in [0, 0.1) is 0 Å². The number of hydrogen-bond donors (Lipinski definition) is 2. The molecule has 1 aliphatic carbocycles.